The third kappa shape index (κ3) is 53.2. The minimum Gasteiger partial charge on any atom is -0.462 e. The van der Waals surface area contributed by atoms with Crippen molar-refractivity contribution in [1.82, 2.24) is 0 Å². The third-order valence-electron chi connectivity index (χ3n) is 11.2. The zero-order valence-corrected chi connectivity index (χ0v) is 43.2. The third-order valence-corrected chi connectivity index (χ3v) is 11.2. The second-order valence-electron chi connectivity index (χ2n) is 17.7. The SMILES string of the molecule is CC/C=C\C/C=C\C/C=C\C/C=C\C/C=C\C/C=C\CCCOCC(COC(=O)CCCCCCCCC/C=C\CCCCCCCC)OC(=O)CCCCCCC/C=C\C/C=C\CCC. The highest BCUT2D eigenvalue weighted by Gasteiger charge is 2.17. The van der Waals surface area contributed by atoms with Gasteiger partial charge in [0, 0.05) is 19.4 Å². The van der Waals surface area contributed by atoms with Crippen LogP contribution in [0.1, 0.15) is 239 Å². The monoisotopic (exact) mass is 915 g/mol. The van der Waals surface area contributed by atoms with Gasteiger partial charge in [-0.2, -0.15) is 0 Å². The molecule has 0 spiro atoms. The van der Waals surface area contributed by atoms with Gasteiger partial charge in [-0.05, 0) is 116 Å². The lowest BCUT2D eigenvalue weighted by molar-refractivity contribution is -0.163. The van der Waals surface area contributed by atoms with Crippen molar-refractivity contribution in [3.63, 3.8) is 0 Å². The summed E-state index contributed by atoms with van der Waals surface area (Å²) < 4.78 is 17.4. The molecule has 0 saturated carbocycles. The van der Waals surface area contributed by atoms with Gasteiger partial charge in [0.25, 0.3) is 0 Å². The fraction of sp³-hybridized carbons (Fsp3) is 0.672. The Kier molecular flexibility index (Phi) is 53.0. The maximum absolute atomic E-state index is 12.8. The Balaban J connectivity index is 4.40. The van der Waals surface area contributed by atoms with Crippen molar-refractivity contribution in [3.05, 3.63) is 109 Å². The molecule has 376 valence electrons. The lowest BCUT2D eigenvalue weighted by atomic mass is 10.1. The minimum atomic E-state index is -0.582. The smallest absolute Gasteiger partial charge is 0.306 e. The lowest BCUT2D eigenvalue weighted by Crippen LogP contribution is -2.30. The first-order chi connectivity index (χ1) is 32.6. The molecule has 5 heteroatoms. The molecule has 0 aromatic carbocycles. The van der Waals surface area contributed by atoms with Crippen molar-refractivity contribution in [2.45, 2.75) is 245 Å². The molecular formula is C61H102O5. The van der Waals surface area contributed by atoms with Crippen molar-refractivity contribution in [3.8, 4) is 0 Å². The molecule has 0 aliphatic rings. The van der Waals surface area contributed by atoms with E-state index in [1.165, 1.54) is 96.3 Å². The van der Waals surface area contributed by atoms with Crippen molar-refractivity contribution in [2.75, 3.05) is 19.8 Å². The zero-order chi connectivity index (χ0) is 47.7. The molecule has 0 aliphatic heterocycles. The number of carbonyl (C=O) groups excluding carboxylic acids is 2. The largest absolute Gasteiger partial charge is 0.462 e. The molecule has 0 N–H and O–H groups in total. The molecule has 0 aromatic heterocycles. The average molecular weight is 915 g/mol. The summed E-state index contributed by atoms with van der Waals surface area (Å²) in [7, 11) is 0. The Bertz CT molecular complexity index is 1310. The van der Waals surface area contributed by atoms with Crippen LogP contribution in [0.5, 0.6) is 0 Å². The van der Waals surface area contributed by atoms with Crippen molar-refractivity contribution in [2.24, 2.45) is 0 Å². The van der Waals surface area contributed by atoms with E-state index in [-0.39, 0.29) is 25.2 Å². The van der Waals surface area contributed by atoms with Gasteiger partial charge in [-0.15, -0.1) is 0 Å². The molecule has 1 unspecified atom stereocenters. The highest BCUT2D eigenvalue weighted by atomic mass is 16.6. The predicted molar refractivity (Wildman–Crippen MR) is 288 cm³/mol. The van der Waals surface area contributed by atoms with Gasteiger partial charge in [0.2, 0.25) is 0 Å². The molecule has 0 amide bonds. The first kappa shape index (κ1) is 62.6. The van der Waals surface area contributed by atoms with Gasteiger partial charge in [-0.25, -0.2) is 0 Å². The maximum Gasteiger partial charge on any atom is 0.306 e. The number of esters is 2. The number of hydrogen-bond acceptors (Lipinski definition) is 5. The first-order valence-corrected chi connectivity index (χ1v) is 27.4. The summed E-state index contributed by atoms with van der Waals surface area (Å²) in [5.74, 6) is -0.454. The summed E-state index contributed by atoms with van der Waals surface area (Å²) in [6, 6.07) is 0. The summed E-state index contributed by atoms with van der Waals surface area (Å²) in [5.41, 5.74) is 0. The molecule has 0 heterocycles. The molecule has 0 rings (SSSR count). The van der Waals surface area contributed by atoms with E-state index < -0.39 is 6.10 Å². The van der Waals surface area contributed by atoms with Gasteiger partial charge in [0.05, 0.1) is 6.61 Å². The van der Waals surface area contributed by atoms with Crippen LogP contribution >= 0.6 is 0 Å². The van der Waals surface area contributed by atoms with Crippen molar-refractivity contribution >= 4 is 11.9 Å². The summed E-state index contributed by atoms with van der Waals surface area (Å²) in [6.45, 7) is 7.48. The standard InChI is InChI=1S/C61H102O5/c1-4-7-10-13-16-19-22-25-27-29-30-31-33-35-38-41-44-47-50-53-56-64-57-59(66-61(63)55-52-49-46-43-40-36-24-21-18-15-12-9-6-3)58-65-60(62)54-51-48-45-42-39-37-34-32-28-26-23-20-17-14-11-8-5-2/h7,10,12,15-16,19,21,24-28,30-31,35,38,44,47,59H,4-6,8-9,11,13-14,17-18,20,22-23,29,32-34,36-37,39-43,45-46,48-58H2,1-3H3/b10-7-,15-12-,19-16-,24-21-,27-25-,28-26-,31-30-,38-35-,47-44-. The number of hydrogen-bond donors (Lipinski definition) is 0. The summed E-state index contributed by atoms with van der Waals surface area (Å²) in [6.07, 6.45) is 76.8. The van der Waals surface area contributed by atoms with E-state index in [2.05, 4.69) is 130 Å². The fourth-order valence-corrected chi connectivity index (χ4v) is 7.21. The zero-order valence-electron chi connectivity index (χ0n) is 43.2. The molecule has 0 bridgehead atoms. The van der Waals surface area contributed by atoms with Crippen molar-refractivity contribution < 1.29 is 23.8 Å². The summed E-state index contributed by atoms with van der Waals surface area (Å²) in [5, 5.41) is 0. The average Bonchev–Trinajstić information content (AvgIpc) is 3.32. The normalized spacial score (nSPS) is 13.1. The Morgan fingerprint density at radius 3 is 1.17 bits per heavy atom. The van der Waals surface area contributed by atoms with Gasteiger partial charge in [-0.1, -0.05) is 220 Å². The van der Waals surface area contributed by atoms with E-state index in [0.29, 0.717) is 19.4 Å². The Morgan fingerprint density at radius 1 is 0.348 bits per heavy atom. The number of unbranched alkanes of at least 4 members (excludes halogenated alkanes) is 20. The fourth-order valence-electron chi connectivity index (χ4n) is 7.21. The van der Waals surface area contributed by atoms with Crippen LogP contribution in [0.4, 0.5) is 0 Å². The second kappa shape index (κ2) is 55.9. The molecule has 0 fully saturated rings. The topological polar surface area (TPSA) is 61.8 Å². The molecule has 66 heavy (non-hydrogen) atoms. The molecule has 0 aromatic rings. The lowest BCUT2D eigenvalue weighted by Gasteiger charge is -2.18. The number of rotatable bonds is 49. The van der Waals surface area contributed by atoms with Gasteiger partial charge >= 0.3 is 11.9 Å². The van der Waals surface area contributed by atoms with Crippen LogP contribution in [0.3, 0.4) is 0 Å². The maximum atomic E-state index is 12.8. The van der Waals surface area contributed by atoms with Crippen LogP contribution in [0.2, 0.25) is 0 Å². The molecule has 0 saturated heterocycles. The quantitative estimate of drug-likeness (QED) is 0.0346. The van der Waals surface area contributed by atoms with Gasteiger partial charge in [0.1, 0.15) is 6.61 Å². The molecule has 0 radical (unpaired) electrons. The van der Waals surface area contributed by atoms with Crippen LogP contribution in [-0.4, -0.2) is 37.9 Å². The number of ether oxygens (including phenoxy) is 3. The van der Waals surface area contributed by atoms with Crippen LogP contribution in [0, 0.1) is 0 Å². The van der Waals surface area contributed by atoms with Crippen molar-refractivity contribution in [1.29, 1.82) is 0 Å². The molecule has 5 nitrogen and oxygen atoms in total. The van der Waals surface area contributed by atoms with Gasteiger partial charge in [-0.3, -0.25) is 9.59 Å². The van der Waals surface area contributed by atoms with Crippen LogP contribution in [0.25, 0.3) is 0 Å². The van der Waals surface area contributed by atoms with Gasteiger partial charge in [0.15, 0.2) is 6.10 Å². The Morgan fingerprint density at radius 2 is 0.712 bits per heavy atom. The number of carbonyl (C=O) groups is 2. The second-order valence-corrected chi connectivity index (χ2v) is 17.7. The molecule has 1 atom stereocenters. The molecular weight excluding hydrogens is 813 g/mol. The van der Waals surface area contributed by atoms with Crippen LogP contribution in [0.15, 0.2) is 109 Å². The minimum absolute atomic E-state index is 0.0487. The van der Waals surface area contributed by atoms with Crippen LogP contribution in [-0.2, 0) is 23.8 Å². The van der Waals surface area contributed by atoms with Crippen LogP contribution < -0.4 is 0 Å². The van der Waals surface area contributed by atoms with Gasteiger partial charge < -0.3 is 14.2 Å². The van der Waals surface area contributed by atoms with E-state index in [9.17, 15) is 9.59 Å². The highest BCUT2D eigenvalue weighted by molar-refractivity contribution is 5.70. The summed E-state index contributed by atoms with van der Waals surface area (Å²) >= 11 is 0. The van der Waals surface area contributed by atoms with E-state index in [1.54, 1.807) is 0 Å². The molecule has 0 aliphatic carbocycles. The highest BCUT2D eigenvalue weighted by Crippen LogP contribution is 2.13. The summed E-state index contributed by atoms with van der Waals surface area (Å²) in [4.78, 5) is 25.4. The Labute approximate surface area is 408 Å². The van der Waals surface area contributed by atoms with E-state index in [4.69, 9.17) is 14.2 Å². The van der Waals surface area contributed by atoms with E-state index in [0.717, 1.165) is 109 Å². The first-order valence-electron chi connectivity index (χ1n) is 27.4. The predicted octanol–water partition coefficient (Wildman–Crippen LogP) is 18.8. The number of allylic oxidation sites excluding steroid dienone is 18. The van der Waals surface area contributed by atoms with E-state index in [1.807, 2.05) is 0 Å². The Hall–Kier alpha value is -3.44. The van der Waals surface area contributed by atoms with E-state index >= 15 is 0 Å².